The number of ether oxygens (including phenoxy) is 2. The number of morpholine rings is 1. The Morgan fingerprint density at radius 3 is 2.71 bits per heavy atom. The van der Waals surface area contributed by atoms with Crippen molar-refractivity contribution in [3.63, 3.8) is 0 Å². The molecule has 28 heavy (non-hydrogen) atoms. The van der Waals surface area contributed by atoms with E-state index < -0.39 is 18.3 Å². The average Bonchev–Trinajstić information content (AvgIpc) is 3.36. The molecule has 0 saturated carbocycles. The molecule has 2 aromatic rings. The SMILES string of the molecule is O=C(Nc1ccc(N2CCOCC2)cc1)c1csc([C@H]2C[C@H](O)[C@@H](CO)O2)n1. The highest BCUT2D eigenvalue weighted by Crippen LogP contribution is 2.34. The lowest BCUT2D eigenvalue weighted by Gasteiger charge is -2.28. The molecule has 3 heterocycles. The van der Waals surface area contributed by atoms with E-state index in [4.69, 9.17) is 9.47 Å². The molecular formula is C19H23N3O5S. The fraction of sp³-hybridized carbons (Fsp3) is 0.474. The number of aliphatic hydroxyl groups excluding tert-OH is 2. The lowest BCUT2D eigenvalue weighted by atomic mass is 10.1. The number of anilines is 2. The summed E-state index contributed by atoms with van der Waals surface area (Å²) in [6.07, 6.45) is -1.35. The third-order valence-electron chi connectivity index (χ3n) is 4.94. The molecule has 8 nitrogen and oxygen atoms in total. The van der Waals surface area contributed by atoms with Crippen LogP contribution in [0.4, 0.5) is 11.4 Å². The number of amides is 1. The third-order valence-corrected chi connectivity index (χ3v) is 5.87. The van der Waals surface area contributed by atoms with Gasteiger partial charge in [-0.05, 0) is 24.3 Å². The number of rotatable bonds is 5. The summed E-state index contributed by atoms with van der Waals surface area (Å²) in [5.74, 6) is -0.293. The Bertz CT molecular complexity index is 806. The first-order valence-corrected chi connectivity index (χ1v) is 10.2. The van der Waals surface area contributed by atoms with Gasteiger partial charge in [0.15, 0.2) is 0 Å². The van der Waals surface area contributed by atoms with Crippen LogP contribution in [0, 0.1) is 0 Å². The summed E-state index contributed by atoms with van der Waals surface area (Å²) in [7, 11) is 0. The fourth-order valence-electron chi connectivity index (χ4n) is 3.36. The molecule has 0 unspecified atom stereocenters. The van der Waals surface area contributed by atoms with E-state index in [9.17, 15) is 15.0 Å². The maximum Gasteiger partial charge on any atom is 0.275 e. The molecule has 4 rings (SSSR count). The van der Waals surface area contributed by atoms with Gasteiger partial charge in [0.2, 0.25) is 0 Å². The summed E-state index contributed by atoms with van der Waals surface area (Å²) in [6.45, 7) is 2.94. The van der Waals surface area contributed by atoms with Gasteiger partial charge < -0.3 is 29.9 Å². The third kappa shape index (κ3) is 4.18. The highest BCUT2D eigenvalue weighted by molar-refractivity contribution is 7.09. The number of thiazole rings is 1. The quantitative estimate of drug-likeness (QED) is 0.691. The minimum Gasteiger partial charge on any atom is -0.394 e. The van der Waals surface area contributed by atoms with E-state index in [1.54, 1.807) is 5.38 Å². The standard InChI is InChI=1S/C19H23N3O5S/c23-10-17-15(24)9-16(27-17)19-21-14(11-28-19)18(25)20-12-1-3-13(4-2-12)22-5-7-26-8-6-22/h1-4,11,15-17,23-24H,5-10H2,(H,20,25)/t15-,16+,17+/m0/s1. The second-order valence-corrected chi connectivity index (χ2v) is 7.71. The van der Waals surface area contributed by atoms with Crippen LogP contribution in [-0.2, 0) is 9.47 Å². The first-order valence-electron chi connectivity index (χ1n) is 9.28. The second-order valence-electron chi connectivity index (χ2n) is 6.82. The summed E-state index contributed by atoms with van der Waals surface area (Å²) in [5.41, 5.74) is 2.11. The molecule has 0 radical (unpaired) electrons. The minimum atomic E-state index is -0.721. The lowest BCUT2D eigenvalue weighted by molar-refractivity contribution is -0.0226. The topological polar surface area (TPSA) is 104 Å². The summed E-state index contributed by atoms with van der Waals surface area (Å²) < 4.78 is 11.0. The molecule has 0 spiro atoms. The van der Waals surface area contributed by atoms with E-state index in [2.05, 4.69) is 15.2 Å². The summed E-state index contributed by atoms with van der Waals surface area (Å²) in [5, 5.41) is 24.2. The van der Waals surface area contributed by atoms with Crippen LogP contribution in [-0.4, -0.2) is 66.2 Å². The zero-order chi connectivity index (χ0) is 19.5. The van der Waals surface area contributed by atoms with Crippen LogP contribution < -0.4 is 10.2 Å². The van der Waals surface area contributed by atoms with E-state index in [0.717, 1.165) is 32.0 Å². The highest BCUT2D eigenvalue weighted by Gasteiger charge is 2.36. The summed E-state index contributed by atoms with van der Waals surface area (Å²) in [4.78, 5) is 19.1. The van der Waals surface area contributed by atoms with E-state index in [1.807, 2.05) is 24.3 Å². The number of nitrogens with one attached hydrogen (secondary N) is 1. The van der Waals surface area contributed by atoms with Gasteiger partial charge in [-0.25, -0.2) is 4.98 Å². The lowest BCUT2D eigenvalue weighted by Crippen LogP contribution is -2.36. The number of carbonyl (C=O) groups is 1. The normalized spacial score (nSPS) is 25.1. The fourth-order valence-corrected chi connectivity index (χ4v) is 4.21. The van der Waals surface area contributed by atoms with Crippen LogP contribution >= 0.6 is 11.3 Å². The molecule has 2 fully saturated rings. The van der Waals surface area contributed by atoms with Crippen LogP contribution in [0.2, 0.25) is 0 Å². The molecule has 1 amide bonds. The molecular weight excluding hydrogens is 382 g/mol. The van der Waals surface area contributed by atoms with Gasteiger partial charge in [0.25, 0.3) is 5.91 Å². The zero-order valence-corrected chi connectivity index (χ0v) is 16.1. The molecule has 3 atom stereocenters. The van der Waals surface area contributed by atoms with E-state index >= 15 is 0 Å². The van der Waals surface area contributed by atoms with Crippen molar-refractivity contribution in [3.8, 4) is 0 Å². The number of benzene rings is 1. The minimum absolute atomic E-state index is 0.239. The first-order chi connectivity index (χ1) is 13.6. The molecule has 1 aromatic heterocycles. The molecule has 2 aliphatic heterocycles. The molecule has 0 aliphatic carbocycles. The molecule has 3 N–H and O–H groups in total. The Labute approximate surface area is 166 Å². The maximum atomic E-state index is 12.5. The van der Waals surface area contributed by atoms with Crippen molar-refractivity contribution in [2.24, 2.45) is 0 Å². The number of aromatic nitrogens is 1. The predicted molar refractivity (Wildman–Crippen MR) is 105 cm³/mol. The van der Waals surface area contributed by atoms with Gasteiger partial charge in [0.1, 0.15) is 22.9 Å². The Morgan fingerprint density at radius 2 is 2.04 bits per heavy atom. The molecule has 150 valence electrons. The van der Waals surface area contributed by atoms with Crippen molar-refractivity contribution >= 4 is 28.6 Å². The summed E-state index contributed by atoms with van der Waals surface area (Å²) in [6, 6.07) is 7.71. The van der Waals surface area contributed by atoms with Gasteiger partial charge in [-0.15, -0.1) is 11.3 Å². The van der Waals surface area contributed by atoms with Crippen LogP contribution in [0.5, 0.6) is 0 Å². The molecule has 2 aliphatic rings. The van der Waals surface area contributed by atoms with Gasteiger partial charge in [-0.3, -0.25) is 4.79 Å². The van der Waals surface area contributed by atoms with Gasteiger partial charge in [-0.2, -0.15) is 0 Å². The highest BCUT2D eigenvalue weighted by atomic mass is 32.1. The predicted octanol–water partition coefficient (Wildman–Crippen LogP) is 1.42. The van der Waals surface area contributed by atoms with Crippen molar-refractivity contribution in [1.29, 1.82) is 0 Å². The smallest absolute Gasteiger partial charge is 0.275 e. The number of nitrogens with zero attached hydrogens (tertiary/aromatic N) is 2. The van der Waals surface area contributed by atoms with Crippen molar-refractivity contribution in [2.45, 2.75) is 24.7 Å². The van der Waals surface area contributed by atoms with Crippen molar-refractivity contribution in [2.75, 3.05) is 43.1 Å². The Morgan fingerprint density at radius 1 is 1.29 bits per heavy atom. The van der Waals surface area contributed by atoms with Crippen LogP contribution in [0.1, 0.15) is 28.0 Å². The molecule has 9 heteroatoms. The van der Waals surface area contributed by atoms with Crippen LogP contribution in [0.25, 0.3) is 0 Å². The van der Waals surface area contributed by atoms with Gasteiger partial charge in [0, 0.05) is 36.3 Å². The van der Waals surface area contributed by atoms with Crippen LogP contribution in [0.3, 0.4) is 0 Å². The second kappa shape index (κ2) is 8.54. The molecule has 1 aromatic carbocycles. The van der Waals surface area contributed by atoms with Crippen molar-refractivity contribution < 1.29 is 24.5 Å². The number of hydrogen-bond acceptors (Lipinski definition) is 8. The largest absolute Gasteiger partial charge is 0.394 e. The van der Waals surface area contributed by atoms with E-state index in [-0.39, 0.29) is 12.5 Å². The number of carbonyl (C=O) groups excluding carboxylic acids is 1. The van der Waals surface area contributed by atoms with Gasteiger partial charge in [0.05, 0.1) is 25.9 Å². The van der Waals surface area contributed by atoms with E-state index in [1.165, 1.54) is 11.3 Å². The van der Waals surface area contributed by atoms with Crippen molar-refractivity contribution in [1.82, 2.24) is 4.98 Å². The Kier molecular flexibility index (Phi) is 5.88. The molecule has 2 saturated heterocycles. The monoisotopic (exact) mass is 405 g/mol. The Hall–Kier alpha value is -2.04. The molecule has 0 bridgehead atoms. The zero-order valence-electron chi connectivity index (χ0n) is 15.3. The summed E-state index contributed by atoms with van der Waals surface area (Å²) >= 11 is 1.31. The van der Waals surface area contributed by atoms with Gasteiger partial charge >= 0.3 is 0 Å². The maximum absolute atomic E-state index is 12.5. The van der Waals surface area contributed by atoms with Crippen LogP contribution in [0.15, 0.2) is 29.6 Å². The average molecular weight is 405 g/mol. The van der Waals surface area contributed by atoms with Gasteiger partial charge in [-0.1, -0.05) is 0 Å². The van der Waals surface area contributed by atoms with Crippen molar-refractivity contribution in [3.05, 3.63) is 40.3 Å². The Balaban J connectivity index is 1.37. The van der Waals surface area contributed by atoms with E-state index in [0.29, 0.717) is 22.8 Å². The number of aliphatic hydroxyl groups is 2. The first kappa shape index (κ1) is 19.3. The number of hydrogen-bond donors (Lipinski definition) is 3.